The van der Waals surface area contributed by atoms with E-state index in [4.69, 9.17) is 25.1 Å². The van der Waals surface area contributed by atoms with Crippen LogP contribution in [-0.4, -0.2) is 78.1 Å². The second-order valence-corrected chi connectivity index (χ2v) is 4.99. The fraction of sp³-hybridized carbons (Fsp3) is 0.750. The van der Waals surface area contributed by atoms with Crippen molar-refractivity contribution in [2.75, 3.05) is 6.61 Å². The van der Waals surface area contributed by atoms with E-state index in [-0.39, 0.29) is 0 Å². The molecule has 4 atom stereocenters. The van der Waals surface area contributed by atoms with Gasteiger partial charge in [0.05, 0.1) is 6.61 Å². The second-order valence-electron chi connectivity index (χ2n) is 3.80. The fourth-order valence-electron chi connectivity index (χ4n) is 1.22. The van der Waals surface area contributed by atoms with Gasteiger partial charge in [-0.2, -0.15) is 0 Å². The molecule has 0 radical (unpaired) electrons. The zero-order valence-corrected chi connectivity index (χ0v) is 10.8. The van der Waals surface area contributed by atoms with E-state index >= 15 is 0 Å². The lowest BCUT2D eigenvalue weighted by molar-refractivity contribution is -0.152. The Labute approximate surface area is 112 Å². The minimum absolute atomic E-state index is 0.992. The Morgan fingerprint density at radius 1 is 1.10 bits per heavy atom. The third-order valence-corrected chi connectivity index (χ3v) is 2.76. The first-order valence-corrected chi connectivity index (χ1v) is 6.67. The SMILES string of the molecule is O=C(O)C(=O)C[C@@H](OP(=O)(O)O)[C@@H](O)[C@H](O)[C@H](O)CO. The molecule has 0 aromatic carbocycles. The Bertz CT molecular complexity index is 390. The lowest BCUT2D eigenvalue weighted by atomic mass is 9.99. The number of hydrogen-bond donors (Lipinski definition) is 7. The van der Waals surface area contributed by atoms with Crippen LogP contribution in [0.5, 0.6) is 0 Å². The highest BCUT2D eigenvalue weighted by Gasteiger charge is 2.37. The molecule has 0 spiro atoms. The van der Waals surface area contributed by atoms with Gasteiger partial charge in [-0.15, -0.1) is 0 Å². The normalized spacial score (nSPS) is 18.1. The Morgan fingerprint density at radius 2 is 1.60 bits per heavy atom. The average molecular weight is 318 g/mol. The van der Waals surface area contributed by atoms with Crippen LogP contribution in [0.4, 0.5) is 0 Å². The molecule has 11 nitrogen and oxygen atoms in total. The third-order valence-electron chi connectivity index (χ3n) is 2.21. The van der Waals surface area contributed by atoms with Gasteiger partial charge in [0.2, 0.25) is 5.78 Å². The second kappa shape index (κ2) is 7.76. The maximum absolute atomic E-state index is 11.0. The van der Waals surface area contributed by atoms with E-state index in [2.05, 4.69) is 4.52 Å². The lowest BCUT2D eigenvalue weighted by Crippen LogP contribution is -2.47. The summed E-state index contributed by atoms with van der Waals surface area (Å²) in [4.78, 5) is 38.5. The number of rotatable bonds is 9. The van der Waals surface area contributed by atoms with Crippen molar-refractivity contribution in [3.8, 4) is 0 Å². The van der Waals surface area contributed by atoms with Gasteiger partial charge >= 0.3 is 13.8 Å². The molecule has 0 saturated heterocycles. The van der Waals surface area contributed by atoms with E-state index in [1.807, 2.05) is 0 Å². The third kappa shape index (κ3) is 6.50. The van der Waals surface area contributed by atoms with E-state index in [1.54, 1.807) is 0 Å². The van der Waals surface area contributed by atoms with E-state index in [0.717, 1.165) is 0 Å². The number of phosphoric ester groups is 1. The number of aliphatic carboxylic acids is 1. The van der Waals surface area contributed by atoms with Crippen LogP contribution in [0.15, 0.2) is 0 Å². The molecule has 0 aliphatic carbocycles. The molecule has 0 aliphatic heterocycles. The monoisotopic (exact) mass is 318 g/mol. The largest absolute Gasteiger partial charge is 0.475 e. The summed E-state index contributed by atoms with van der Waals surface area (Å²) >= 11 is 0. The summed E-state index contributed by atoms with van der Waals surface area (Å²) in [7, 11) is -5.20. The van der Waals surface area contributed by atoms with Crippen molar-refractivity contribution in [2.45, 2.75) is 30.8 Å². The van der Waals surface area contributed by atoms with Crippen molar-refractivity contribution in [3.63, 3.8) is 0 Å². The van der Waals surface area contributed by atoms with Crippen LogP contribution >= 0.6 is 7.82 Å². The van der Waals surface area contributed by atoms with Gasteiger partial charge in [-0.1, -0.05) is 0 Å². The summed E-state index contributed by atoms with van der Waals surface area (Å²) < 4.78 is 14.7. The molecule has 0 rings (SSSR count). The van der Waals surface area contributed by atoms with Crippen molar-refractivity contribution in [1.82, 2.24) is 0 Å². The first-order chi connectivity index (χ1) is 8.99. The highest BCUT2D eigenvalue weighted by atomic mass is 31.2. The fourth-order valence-corrected chi connectivity index (χ4v) is 1.77. The number of carboxylic acids is 1. The molecule has 0 aliphatic rings. The number of aliphatic hydroxyl groups is 4. The molecule has 20 heavy (non-hydrogen) atoms. The summed E-state index contributed by atoms with van der Waals surface area (Å²) in [6.45, 7) is -0.992. The van der Waals surface area contributed by atoms with Crippen LogP contribution in [0.2, 0.25) is 0 Å². The standard InChI is InChI=1S/C8H15O11P/c9-2-4(11)6(12)7(13)5(19-20(16,17)18)1-3(10)8(14)15/h4-7,9,11-13H,1-2H2,(H,14,15)(H2,16,17,18)/t4-,5-,6-,7-/m1/s1. The van der Waals surface area contributed by atoms with E-state index in [1.165, 1.54) is 0 Å². The zero-order valence-electron chi connectivity index (χ0n) is 9.93. The first kappa shape index (κ1) is 19.1. The highest BCUT2D eigenvalue weighted by Crippen LogP contribution is 2.39. The number of Topliss-reactive ketones (excluding diaryl/α,β-unsaturated/α-hetero) is 1. The maximum Gasteiger partial charge on any atom is 0.469 e. The lowest BCUT2D eigenvalue weighted by Gasteiger charge is -2.28. The molecule has 0 amide bonds. The molecule has 0 fully saturated rings. The minimum Gasteiger partial charge on any atom is -0.475 e. The van der Waals surface area contributed by atoms with Crippen molar-refractivity contribution < 1.29 is 54.0 Å². The van der Waals surface area contributed by atoms with Crippen molar-refractivity contribution >= 4 is 19.6 Å². The predicted molar refractivity (Wildman–Crippen MR) is 59.3 cm³/mol. The Morgan fingerprint density at radius 3 is 1.95 bits per heavy atom. The van der Waals surface area contributed by atoms with Gasteiger partial charge in [0.25, 0.3) is 0 Å². The van der Waals surface area contributed by atoms with Crippen LogP contribution in [-0.2, 0) is 18.7 Å². The number of carbonyl (C=O) groups is 2. The number of carboxylic acid groups (broad SMARTS) is 1. The van der Waals surface area contributed by atoms with E-state index < -0.39 is 57.0 Å². The quantitative estimate of drug-likeness (QED) is 0.165. The topological polar surface area (TPSA) is 202 Å². The van der Waals surface area contributed by atoms with E-state index in [0.29, 0.717) is 0 Å². The van der Waals surface area contributed by atoms with E-state index in [9.17, 15) is 24.4 Å². The molecule has 7 N–H and O–H groups in total. The predicted octanol–water partition coefficient (Wildman–Crippen LogP) is -3.42. The summed E-state index contributed by atoms with van der Waals surface area (Å²) in [5.41, 5.74) is 0. The van der Waals surface area contributed by atoms with Crippen molar-refractivity contribution in [2.24, 2.45) is 0 Å². The molecule has 0 unspecified atom stereocenters. The summed E-state index contributed by atoms with van der Waals surface area (Å²) in [5.74, 6) is -3.47. The first-order valence-electron chi connectivity index (χ1n) is 5.14. The van der Waals surface area contributed by atoms with Crippen LogP contribution in [0, 0.1) is 0 Å². The van der Waals surface area contributed by atoms with Crippen LogP contribution in [0.1, 0.15) is 6.42 Å². The zero-order chi connectivity index (χ0) is 16.1. The number of carbonyl (C=O) groups excluding carboxylic acids is 1. The Balaban J connectivity index is 5.05. The highest BCUT2D eigenvalue weighted by molar-refractivity contribution is 7.46. The van der Waals surface area contributed by atoms with Crippen LogP contribution in [0.3, 0.4) is 0 Å². The molecular formula is C8H15O11P. The van der Waals surface area contributed by atoms with Gasteiger partial charge in [0.15, 0.2) is 0 Å². The smallest absolute Gasteiger partial charge is 0.469 e. The number of hydrogen-bond acceptors (Lipinski definition) is 8. The molecular weight excluding hydrogens is 303 g/mol. The van der Waals surface area contributed by atoms with Crippen LogP contribution < -0.4 is 0 Å². The van der Waals surface area contributed by atoms with Gasteiger partial charge in [-0.25, -0.2) is 9.36 Å². The molecule has 0 aromatic heterocycles. The molecule has 12 heteroatoms. The molecule has 0 aromatic rings. The van der Waals surface area contributed by atoms with Gasteiger partial charge < -0.3 is 35.3 Å². The van der Waals surface area contributed by atoms with Gasteiger partial charge in [0, 0.05) is 6.42 Å². The van der Waals surface area contributed by atoms with Gasteiger partial charge in [0.1, 0.15) is 24.4 Å². The van der Waals surface area contributed by atoms with Gasteiger partial charge in [-0.3, -0.25) is 9.32 Å². The summed E-state index contributed by atoms with van der Waals surface area (Å²) in [5, 5.41) is 44.9. The Hall–Kier alpha value is -0.910. The number of ketones is 1. The van der Waals surface area contributed by atoms with Crippen molar-refractivity contribution in [1.29, 1.82) is 0 Å². The van der Waals surface area contributed by atoms with Crippen molar-refractivity contribution in [3.05, 3.63) is 0 Å². The van der Waals surface area contributed by atoms with Gasteiger partial charge in [-0.05, 0) is 0 Å². The number of phosphoric acid groups is 1. The maximum atomic E-state index is 11.0. The minimum atomic E-state index is -5.20. The molecule has 0 saturated carbocycles. The molecule has 0 bridgehead atoms. The average Bonchev–Trinajstić information content (AvgIpc) is 2.33. The molecule has 0 heterocycles. The van der Waals surface area contributed by atoms with Crippen LogP contribution in [0.25, 0.3) is 0 Å². The summed E-state index contributed by atoms with van der Waals surface area (Å²) in [6.07, 6.45) is -9.45. The number of aliphatic hydroxyl groups excluding tert-OH is 4. The summed E-state index contributed by atoms with van der Waals surface area (Å²) in [6, 6.07) is 0. The Kier molecular flexibility index (Phi) is 7.41. The molecule has 118 valence electrons.